The lowest BCUT2D eigenvalue weighted by molar-refractivity contribution is -0.137. The maximum atomic E-state index is 13.1. The molecular formula is C20H21F3N4O2. The van der Waals surface area contributed by atoms with Crippen molar-refractivity contribution in [2.45, 2.75) is 45.5 Å². The van der Waals surface area contributed by atoms with Gasteiger partial charge in [0.25, 0.3) is 5.91 Å². The molecule has 29 heavy (non-hydrogen) atoms. The van der Waals surface area contributed by atoms with Crippen LogP contribution in [-0.4, -0.2) is 27.1 Å². The third-order valence-electron chi connectivity index (χ3n) is 4.33. The summed E-state index contributed by atoms with van der Waals surface area (Å²) in [5.41, 5.74) is -0.304. The first-order valence-corrected chi connectivity index (χ1v) is 8.93. The number of benzene rings is 1. The van der Waals surface area contributed by atoms with Gasteiger partial charge >= 0.3 is 6.18 Å². The summed E-state index contributed by atoms with van der Waals surface area (Å²) in [4.78, 5) is 27.3. The number of nitrogens with one attached hydrogen (secondary N) is 1. The fourth-order valence-corrected chi connectivity index (χ4v) is 3.16. The second-order valence-electron chi connectivity index (χ2n) is 7.85. The molecule has 6 nitrogen and oxygen atoms in total. The highest BCUT2D eigenvalue weighted by Gasteiger charge is 2.38. The van der Waals surface area contributed by atoms with Gasteiger partial charge in [0, 0.05) is 29.2 Å². The van der Waals surface area contributed by atoms with Crippen molar-refractivity contribution in [3.63, 3.8) is 0 Å². The van der Waals surface area contributed by atoms with Crippen LogP contribution in [0.2, 0.25) is 0 Å². The lowest BCUT2D eigenvalue weighted by Gasteiger charge is -2.32. The van der Waals surface area contributed by atoms with Crippen LogP contribution in [0, 0.1) is 0 Å². The third-order valence-corrected chi connectivity index (χ3v) is 4.33. The van der Waals surface area contributed by atoms with Gasteiger partial charge in [0.2, 0.25) is 5.91 Å². The van der Waals surface area contributed by atoms with Crippen molar-refractivity contribution in [3.8, 4) is 0 Å². The standard InChI is InChI=1S/C20H21F3N4O2/c1-12-11-16(28)26(14-7-5-13(6-8-14)20(21,22)23)17(15-9-10-24-27(12)15)18(29)25-19(2,3)4/h5-11,17H,1-4H3,(H,25,29). The monoisotopic (exact) mass is 406 g/mol. The molecule has 154 valence electrons. The number of anilines is 1. The van der Waals surface area contributed by atoms with Gasteiger partial charge in [0.1, 0.15) is 0 Å². The van der Waals surface area contributed by atoms with Crippen molar-refractivity contribution in [1.82, 2.24) is 15.1 Å². The summed E-state index contributed by atoms with van der Waals surface area (Å²) < 4.78 is 40.3. The van der Waals surface area contributed by atoms with Crippen LogP contribution in [0.1, 0.15) is 45.0 Å². The molecule has 2 aromatic rings. The largest absolute Gasteiger partial charge is 0.416 e. The highest BCUT2D eigenvalue weighted by atomic mass is 19.4. The van der Waals surface area contributed by atoms with Crippen molar-refractivity contribution < 1.29 is 22.8 Å². The maximum Gasteiger partial charge on any atom is 0.416 e. The summed E-state index contributed by atoms with van der Waals surface area (Å²) in [6.45, 7) is 7.06. The Bertz CT molecular complexity index is 969. The molecule has 9 heteroatoms. The number of carbonyl (C=O) groups is 2. The van der Waals surface area contributed by atoms with E-state index in [2.05, 4.69) is 10.4 Å². The molecule has 0 saturated heterocycles. The Labute approximate surface area is 166 Å². The fraction of sp³-hybridized carbons (Fsp3) is 0.350. The van der Waals surface area contributed by atoms with Gasteiger partial charge in [0.15, 0.2) is 6.04 Å². The normalized spacial score (nSPS) is 17.5. The van der Waals surface area contributed by atoms with Gasteiger partial charge in [-0.3, -0.25) is 14.5 Å². The van der Waals surface area contributed by atoms with Gasteiger partial charge in [-0.25, -0.2) is 4.68 Å². The molecule has 0 spiro atoms. The molecule has 2 amide bonds. The quantitative estimate of drug-likeness (QED) is 0.826. The number of halogens is 3. The Morgan fingerprint density at radius 3 is 2.28 bits per heavy atom. The number of allylic oxidation sites excluding steroid dienone is 1. The summed E-state index contributed by atoms with van der Waals surface area (Å²) in [5, 5.41) is 7.02. The molecule has 1 aromatic heterocycles. The first-order chi connectivity index (χ1) is 13.4. The zero-order chi connectivity index (χ0) is 21.6. The SMILES string of the molecule is CC1=CC(=O)N(c2ccc(C(F)(F)F)cc2)C(C(=O)NC(C)(C)C)c2ccnn21. The summed E-state index contributed by atoms with van der Waals surface area (Å²) in [6.07, 6.45) is -1.69. The van der Waals surface area contributed by atoms with E-state index in [-0.39, 0.29) is 5.69 Å². The van der Waals surface area contributed by atoms with Crippen molar-refractivity contribution >= 4 is 23.2 Å². The van der Waals surface area contributed by atoms with Crippen LogP contribution in [0.5, 0.6) is 0 Å². The molecule has 1 N–H and O–H groups in total. The van der Waals surface area contributed by atoms with Crippen molar-refractivity contribution in [3.05, 3.63) is 53.9 Å². The second kappa shape index (κ2) is 7.06. The number of alkyl halides is 3. The minimum absolute atomic E-state index is 0.177. The molecule has 1 aliphatic rings. The van der Waals surface area contributed by atoms with Gasteiger partial charge in [-0.2, -0.15) is 18.3 Å². The molecule has 0 radical (unpaired) electrons. The van der Waals surface area contributed by atoms with Crippen LogP contribution in [-0.2, 0) is 15.8 Å². The van der Waals surface area contributed by atoms with Crippen molar-refractivity contribution in [2.24, 2.45) is 0 Å². The number of nitrogens with zero attached hydrogens (tertiary/aromatic N) is 3. The van der Waals surface area contributed by atoms with Gasteiger partial charge in [-0.05, 0) is 58.0 Å². The average molecular weight is 406 g/mol. The third kappa shape index (κ3) is 4.18. The van der Waals surface area contributed by atoms with Crippen LogP contribution >= 0.6 is 0 Å². The molecule has 1 aromatic carbocycles. The fourth-order valence-electron chi connectivity index (χ4n) is 3.16. The van der Waals surface area contributed by atoms with E-state index in [1.807, 2.05) is 0 Å². The molecule has 1 aliphatic heterocycles. The molecule has 1 unspecified atom stereocenters. The van der Waals surface area contributed by atoms with E-state index in [1.54, 1.807) is 33.8 Å². The van der Waals surface area contributed by atoms with E-state index in [0.717, 1.165) is 12.1 Å². The van der Waals surface area contributed by atoms with E-state index in [4.69, 9.17) is 0 Å². The van der Waals surface area contributed by atoms with Crippen LogP contribution in [0.25, 0.3) is 5.70 Å². The minimum Gasteiger partial charge on any atom is -0.349 e. The highest BCUT2D eigenvalue weighted by Crippen LogP contribution is 2.35. The maximum absolute atomic E-state index is 13.1. The van der Waals surface area contributed by atoms with E-state index < -0.39 is 35.1 Å². The number of fused-ring (bicyclic) bond motifs is 1. The molecule has 1 atom stereocenters. The van der Waals surface area contributed by atoms with E-state index in [1.165, 1.54) is 34.0 Å². The Hall–Kier alpha value is -3.10. The zero-order valence-corrected chi connectivity index (χ0v) is 16.4. The molecule has 2 heterocycles. The van der Waals surface area contributed by atoms with Crippen LogP contribution in [0.15, 0.2) is 42.6 Å². The highest BCUT2D eigenvalue weighted by molar-refractivity contribution is 6.09. The summed E-state index contributed by atoms with van der Waals surface area (Å²) in [6, 6.07) is 4.66. The topological polar surface area (TPSA) is 67.2 Å². The first-order valence-electron chi connectivity index (χ1n) is 8.93. The van der Waals surface area contributed by atoms with E-state index in [9.17, 15) is 22.8 Å². The van der Waals surface area contributed by atoms with E-state index >= 15 is 0 Å². The summed E-state index contributed by atoms with van der Waals surface area (Å²) >= 11 is 0. The predicted molar refractivity (Wildman–Crippen MR) is 102 cm³/mol. The number of aromatic nitrogens is 2. The number of hydrogen-bond acceptors (Lipinski definition) is 3. The lowest BCUT2D eigenvalue weighted by Crippen LogP contribution is -2.49. The van der Waals surface area contributed by atoms with Gasteiger partial charge in [-0.15, -0.1) is 0 Å². The molecule has 0 saturated carbocycles. The van der Waals surface area contributed by atoms with Gasteiger partial charge in [-0.1, -0.05) is 0 Å². The summed E-state index contributed by atoms with van der Waals surface area (Å²) in [7, 11) is 0. The molecule has 0 fully saturated rings. The Morgan fingerprint density at radius 2 is 1.72 bits per heavy atom. The minimum atomic E-state index is -4.50. The van der Waals surface area contributed by atoms with Crippen LogP contribution in [0.4, 0.5) is 18.9 Å². The van der Waals surface area contributed by atoms with Crippen molar-refractivity contribution in [1.29, 1.82) is 0 Å². The van der Waals surface area contributed by atoms with Crippen LogP contribution < -0.4 is 10.2 Å². The van der Waals surface area contributed by atoms with Crippen LogP contribution in [0.3, 0.4) is 0 Å². The summed E-state index contributed by atoms with van der Waals surface area (Å²) in [5.74, 6) is -0.989. The average Bonchev–Trinajstić information content (AvgIpc) is 3.02. The second-order valence-corrected chi connectivity index (χ2v) is 7.85. The van der Waals surface area contributed by atoms with E-state index in [0.29, 0.717) is 11.4 Å². The van der Waals surface area contributed by atoms with Gasteiger partial charge in [0.05, 0.1) is 11.3 Å². The number of rotatable bonds is 2. The lowest BCUT2D eigenvalue weighted by atomic mass is 10.0. The smallest absolute Gasteiger partial charge is 0.349 e. The number of amides is 2. The first kappa shape index (κ1) is 20.6. The predicted octanol–water partition coefficient (Wildman–Crippen LogP) is 3.77. The Kier molecular flexibility index (Phi) is 5.02. The Balaban J connectivity index is 2.13. The number of hydrogen-bond donors (Lipinski definition) is 1. The number of carbonyl (C=O) groups excluding carboxylic acids is 2. The molecule has 0 bridgehead atoms. The van der Waals surface area contributed by atoms with Gasteiger partial charge < -0.3 is 5.32 Å². The molecule has 3 rings (SSSR count). The zero-order valence-electron chi connectivity index (χ0n) is 16.4. The molecule has 0 aliphatic carbocycles. The van der Waals surface area contributed by atoms with Crippen molar-refractivity contribution in [2.75, 3.05) is 4.90 Å². The Morgan fingerprint density at radius 1 is 1.10 bits per heavy atom. The molecular weight excluding hydrogens is 385 g/mol.